The van der Waals surface area contributed by atoms with Crippen LogP contribution in [0.4, 0.5) is 11.4 Å². The van der Waals surface area contributed by atoms with E-state index in [2.05, 4.69) is 15.8 Å². The second-order valence-corrected chi connectivity index (χ2v) is 8.96. The van der Waals surface area contributed by atoms with Crippen LogP contribution >= 0.6 is 0 Å². The summed E-state index contributed by atoms with van der Waals surface area (Å²) >= 11 is 0. The quantitative estimate of drug-likeness (QED) is 0.520. The molecule has 8 nitrogen and oxygen atoms in total. The molecular weight excluding hydrogens is 404 g/mol. The van der Waals surface area contributed by atoms with Crippen molar-refractivity contribution < 1.29 is 18.0 Å². The summed E-state index contributed by atoms with van der Waals surface area (Å²) in [5.41, 5.74) is 6.44. The number of anilines is 2. The Balaban J connectivity index is 2.13. The normalized spacial score (nSPS) is 11.7. The number of nitrogens with zero attached hydrogens (tertiary/aromatic N) is 2. The fourth-order valence-electron chi connectivity index (χ4n) is 2.74. The van der Waals surface area contributed by atoms with E-state index >= 15 is 0 Å². The summed E-state index contributed by atoms with van der Waals surface area (Å²) < 4.78 is 25.6. The van der Waals surface area contributed by atoms with Gasteiger partial charge in [0.1, 0.15) is 6.54 Å². The van der Waals surface area contributed by atoms with E-state index in [-0.39, 0.29) is 12.5 Å². The fourth-order valence-corrected chi connectivity index (χ4v) is 3.65. The molecule has 0 bridgehead atoms. The molecule has 2 amide bonds. The lowest BCUT2D eigenvalue weighted by Gasteiger charge is -2.23. The van der Waals surface area contributed by atoms with E-state index in [9.17, 15) is 18.0 Å². The molecule has 0 saturated carbocycles. The van der Waals surface area contributed by atoms with Crippen LogP contribution in [0.1, 0.15) is 30.5 Å². The molecule has 0 aliphatic rings. The highest BCUT2D eigenvalue weighted by Crippen LogP contribution is 2.23. The monoisotopic (exact) mass is 430 g/mol. The van der Waals surface area contributed by atoms with Gasteiger partial charge in [-0.25, -0.2) is 13.8 Å². The second-order valence-electron chi connectivity index (χ2n) is 7.05. The molecule has 2 N–H and O–H groups in total. The molecule has 9 heteroatoms. The van der Waals surface area contributed by atoms with E-state index in [0.717, 1.165) is 27.3 Å². The van der Waals surface area contributed by atoms with Gasteiger partial charge < -0.3 is 5.32 Å². The molecule has 2 aromatic carbocycles. The van der Waals surface area contributed by atoms with Crippen molar-refractivity contribution in [3.8, 4) is 0 Å². The molecule has 2 rings (SSSR count). The standard InChI is InChI=1S/C21H26N4O4S/c1-14-6-7-15(2)20(12-14)25(30(5,28)29)13-21(27)24-23-16(3)18-8-10-19(11-9-18)22-17(4)26/h6-12H,13H2,1-5H3,(H,22,26)(H,24,27)/b23-16-. The van der Waals surface area contributed by atoms with Crippen molar-refractivity contribution >= 4 is 38.9 Å². The summed E-state index contributed by atoms with van der Waals surface area (Å²) in [5.74, 6) is -0.727. The molecule has 0 unspecified atom stereocenters. The van der Waals surface area contributed by atoms with Gasteiger partial charge in [0, 0.05) is 12.6 Å². The lowest BCUT2D eigenvalue weighted by molar-refractivity contribution is -0.119. The van der Waals surface area contributed by atoms with Crippen LogP contribution in [0.2, 0.25) is 0 Å². The molecule has 0 saturated heterocycles. The summed E-state index contributed by atoms with van der Waals surface area (Å²) in [6, 6.07) is 12.4. The third-order valence-corrected chi connectivity index (χ3v) is 5.42. The number of hydrogen-bond acceptors (Lipinski definition) is 5. The third kappa shape index (κ3) is 6.41. The molecule has 0 aromatic heterocycles. The minimum atomic E-state index is -3.67. The van der Waals surface area contributed by atoms with Crippen LogP contribution in [0.15, 0.2) is 47.6 Å². The first-order valence-corrected chi connectivity index (χ1v) is 11.1. The number of aryl methyl sites for hydroxylation is 2. The highest BCUT2D eigenvalue weighted by atomic mass is 32.2. The van der Waals surface area contributed by atoms with Crippen molar-refractivity contribution in [3.05, 3.63) is 59.2 Å². The smallest absolute Gasteiger partial charge is 0.260 e. The summed E-state index contributed by atoms with van der Waals surface area (Å²) in [7, 11) is -3.67. The summed E-state index contributed by atoms with van der Waals surface area (Å²) in [6.45, 7) is 6.40. The SMILES string of the molecule is CC(=O)Nc1ccc(/C(C)=N\NC(=O)CN(c2cc(C)ccc2C)S(C)(=O)=O)cc1. The van der Waals surface area contributed by atoms with Crippen LogP contribution in [-0.4, -0.2) is 38.7 Å². The fraction of sp³-hybridized carbons (Fsp3) is 0.286. The van der Waals surface area contributed by atoms with E-state index < -0.39 is 15.9 Å². The first kappa shape index (κ1) is 23.1. The van der Waals surface area contributed by atoms with Gasteiger partial charge in [0.15, 0.2) is 0 Å². The number of carbonyl (C=O) groups is 2. The van der Waals surface area contributed by atoms with Gasteiger partial charge in [-0.15, -0.1) is 0 Å². The molecule has 0 spiro atoms. The van der Waals surface area contributed by atoms with Crippen molar-refractivity contribution in [2.24, 2.45) is 5.10 Å². The zero-order chi connectivity index (χ0) is 22.5. The molecule has 0 aliphatic carbocycles. The predicted octanol–water partition coefficient (Wildman–Crippen LogP) is 2.57. The van der Waals surface area contributed by atoms with Gasteiger partial charge in [0.25, 0.3) is 5.91 Å². The van der Waals surface area contributed by atoms with Crippen molar-refractivity contribution in [1.29, 1.82) is 0 Å². The van der Waals surface area contributed by atoms with Crippen LogP contribution in [0.5, 0.6) is 0 Å². The lowest BCUT2D eigenvalue weighted by atomic mass is 10.1. The zero-order valence-electron chi connectivity index (χ0n) is 17.7. The molecule has 2 aromatic rings. The summed E-state index contributed by atoms with van der Waals surface area (Å²) in [6.07, 6.45) is 1.06. The predicted molar refractivity (Wildman–Crippen MR) is 119 cm³/mol. The Morgan fingerprint density at radius 3 is 2.23 bits per heavy atom. The number of sulfonamides is 1. The number of nitrogens with one attached hydrogen (secondary N) is 2. The van der Waals surface area contributed by atoms with E-state index in [1.807, 2.05) is 19.1 Å². The van der Waals surface area contributed by atoms with Gasteiger partial charge >= 0.3 is 0 Å². The second kappa shape index (κ2) is 9.53. The number of hydrazone groups is 1. The average molecular weight is 431 g/mol. The molecular formula is C21H26N4O4S. The number of benzene rings is 2. The Morgan fingerprint density at radius 1 is 1.03 bits per heavy atom. The Morgan fingerprint density at radius 2 is 1.67 bits per heavy atom. The average Bonchev–Trinajstić information content (AvgIpc) is 2.65. The van der Waals surface area contributed by atoms with Gasteiger partial charge in [-0.2, -0.15) is 5.10 Å². The minimum Gasteiger partial charge on any atom is -0.326 e. The molecule has 0 radical (unpaired) electrons. The molecule has 0 atom stereocenters. The van der Waals surface area contributed by atoms with Crippen LogP contribution in [0.3, 0.4) is 0 Å². The van der Waals surface area contributed by atoms with E-state index in [4.69, 9.17) is 0 Å². The molecule has 160 valence electrons. The van der Waals surface area contributed by atoms with Gasteiger partial charge in [-0.3, -0.25) is 13.9 Å². The Kier molecular flexibility index (Phi) is 7.33. The first-order valence-electron chi connectivity index (χ1n) is 9.23. The van der Waals surface area contributed by atoms with Crippen LogP contribution < -0.4 is 15.0 Å². The largest absolute Gasteiger partial charge is 0.326 e. The maximum absolute atomic E-state index is 12.4. The molecule has 0 aliphatic heterocycles. The van der Waals surface area contributed by atoms with Crippen molar-refractivity contribution in [3.63, 3.8) is 0 Å². The van der Waals surface area contributed by atoms with E-state index in [0.29, 0.717) is 17.1 Å². The Bertz CT molecular complexity index is 1080. The van der Waals surface area contributed by atoms with Gasteiger partial charge in [0.05, 0.1) is 17.7 Å². The van der Waals surface area contributed by atoms with Crippen LogP contribution in [-0.2, 0) is 19.6 Å². The van der Waals surface area contributed by atoms with E-state index in [1.165, 1.54) is 6.92 Å². The molecule has 0 fully saturated rings. The summed E-state index contributed by atoms with van der Waals surface area (Å²) in [5, 5.41) is 6.73. The van der Waals surface area contributed by atoms with Crippen molar-refractivity contribution in [2.45, 2.75) is 27.7 Å². The lowest BCUT2D eigenvalue weighted by Crippen LogP contribution is -2.39. The van der Waals surface area contributed by atoms with Crippen LogP contribution in [0, 0.1) is 13.8 Å². The van der Waals surface area contributed by atoms with Crippen molar-refractivity contribution in [1.82, 2.24) is 5.43 Å². The number of amides is 2. The van der Waals surface area contributed by atoms with Gasteiger partial charge in [-0.05, 0) is 55.7 Å². The highest BCUT2D eigenvalue weighted by Gasteiger charge is 2.22. The summed E-state index contributed by atoms with van der Waals surface area (Å²) in [4.78, 5) is 23.5. The number of carbonyl (C=O) groups excluding carboxylic acids is 2. The van der Waals surface area contributed by atoms with Gasteiger partial charge in [0.2, 0.25) is 15.9 Å². The number of hydrogen-bond donors (Lipinski definition) is 2. The third-order valence-electron chi connectivity index (χ3n) is 4.29. The Labute approximate surface area is 177 Å². The molecule has 0 heterocycles. The maximum atomic E-state index is 12.4. The molecule has 30 heavy (non-hydrogen) atoms. The van der Waals surface area contributed by atoms with Crippen molar-refractivity contribution in [2.75, 3.05) is 22.4 Å². The first-order chi connectivity index (χ1) is 14.0. The van der Waals surface area contributed by atoms with Gasteiger partial charge in [-0.1, -0.05) is 24.3 Å². The Hall–Kier alpha value is -3.20. The minimum absolute atomic E-state index is 0.167. The zero-order valence-corrected chi connectivity index (χ0v) is 18.5. The topological polar surface area (TPSA) is 108 Å². The number of rotatable bonds is 7. The highest BCUT2D eigenvalue weighted by molar-refractivity contribution is 7.92. The van der Waals surface area contributed by atoms with Crippen LogP contribution in [0.25, 0.3) is 0 Å². The van der Waals surface area contributed by atoms with E-state index in [1.54, 1.807) is 44.2 Å². The maximum Gasteiger partial charge on any atom is 0.260 e.